The summed E-state index contributed by atoms with van der Waals surface area (Å²) in [6, 6.07) is 12.1. The van der Waals surface area contributed by atoms with Crippen LogP contribution in [-0.4, -0.2) is 30.9 Å². The summed E-state index contributed by atoms with van der Waals surface area (Å²) >= 11 is 0. The number of likely N-dealkylation sites (tertiary alicyclic amines) is 1. The quantitative estimate of drug-likeness (QED) is 0.787. The average molecular weight is 333 g/mol. The summed E-state index contributed by atoms with van der Waals surface area (Å²) < 4.78 is 38.3. The Labute approximate surface area is 138 Å². The van der Waals surface area contributed by atoms with Crippen LogP contribution in [0, 0.1) is 0 Å². The van der Waals surface area contributed by atoms with Crippen LogP contribution in [0.25, 0.3) is 0 Å². The maximum atomic E-state index is 14.1. The molecule has 0 saturated carbocycles. The molecule has 0 aromatic heterocycles. The van der Waals surface area contributed by atoms with Gasteiger partial charge >= 0.3 is 5.92 Å². The SMILES string of the molecule is COc1ccc(CN2C(=O)C(F)(F)[C@@H]2c2ccc(OC)cc2)cc1. The van der Waals surface area contributed by atoms with E-state index < -0.39 is 17.9 Å². The van der Waals surface area contributed by atoms with E-state index in [0.717, 1.165) is 5.56 Å². The van der Waals surface area contributed by atoms with Crippen molar-refractivity contribution in [2.75, 3.05) is 14.2 Å². The topological polar surface area (TPSA) is 38.8 Å². The number of benzene rings is 2. The van der Waals surface area contributed by atoms with Crippen molar-refractivity contribution in [3.63, 3.8) is 0 Å². The predicted molar refractivity (Wildman–Crippen MR) is 84.2 cm³/mol. The zero-order chi connectivity index (χ0) is 17.3. The van der Waals surface area contributed by atoms with Gasteiger partial charge in [-0.05, 0) is 35.4 Å². The summed E-state index contributed by atoms with van der Waals surface area (Å²) in [7, 11) is 3.06. The minimum atomic E-state index is -3.39. The number of carbonyl (C=O) groups excluding carboxylic acids is 1. The fraction of sp³-hybridized carbons (Fsp3) is 0.278. The lowest BCUT2D eigenvalue weighted by Crippen LogP contribution is -2.63. The second kappa shape index (κ2) is 6.11. The molecule has 4 nitrogen and oxygen atoms in total. The summed E-state index contributed by atoms with van der Waals surface area (Å²) in [6.07, 6.45) is 0. The highest BCUT2D eigenvalue weighted by Gasteiger charge is 2.63. The van der Waals surface area contributed by atoms with Crippen LogP contribution in [0.4, 0.5) is 8.78 Å². The molecule has 0 bridgehead atoms. The minimum absolute atomic E-state index is 0.120. The molecule has 3 rings (SSSR count). The van der Waals surface area contributed by atoms with E-state index in [1.807, 2.05) is 0 Å². The van der Waals surface area contributed by atoms with Crippen LogP contribution in [0.1, 0.15) is 17.2 Å². The normalized spacial score (nSPS) is 18.9. The van der Waals surface area contributed by atoms with Crippen LogP contribution >= 0.6 is 0 Å². The molecular formula is C18H17F2NO3. The van der Waals surface area contributed by atoms with Crippen molar-refractivity contribution in [1.82, 2.24) is 4.90 Å². The van der Waals surface area contributed by atoms with Gasteiger partial charge < -0.3 is 14.4 Å². The number of nitrogens with zero attached hydrogens (tertiary/aromatic N) is 1. The van der Waals surface area contributed by atoms with E-state index in [1.165, 1.54) is 12.0 Å². The molecule has 1 amide bonds. The summed E-state index contributed by atoms with van der Waals surface area (Å²) in [5.74, 6) is -3.29. The molecule has 0 unspecified atom stereocenters. The number of methoxy groups -OCH3 is 2. The third-order valence-corrected chi connectivity index (χ3v) is 4.14. The van der Waals surface area contributed by atoms with Gasteiger partial charge in [-0.1, -0.05) is 24.3 Å². The Morgan fingerprint density at radius 1 is 0.958 bits per heavy atom. The molecule has 126 valence electrons. The zero-order valence-electron chi connectivity index (χ0n) is 13.3. The van der Waals surface area contributed by atoms with Crippen LogP contribution in [0.2, 0.25) is 0 Å². The van der Waals surface area contributed by atoms with Gasteiger partial charge in [0.15, 0.2) is 0 Å². The molecule has 1 saturated heterocycles. The molecule has 1 atom stereocenters. The number of ether oxygens (including phenoxy) is 2. The average Bonchev–Trinajstić information content (AvgIpc) is 2.61. The first kappa shape index (κ1) is 16.2. The van der Waals surface area contributed by atoms with Crippen LogP contribution < -0.4 is 9.47 Å². The Balaban J connectivity index is 1.83. The fourth-order valence-corrected chi connectivity index (χ4v) is 2.82. The first-order chi connectivity index (χ1) is 11.5. The van der Waals surface area contributed by atoms with Gasteiger partial charge in [0.05, 0.1) is 14.2 Å². The molecule has 0 aliphatic carbocycles. The van der Waals surface area contributed by atoms with Crippen LogP contribution in [0.3, 0.4) is 0 Å². The van der Waals surface area contributed by atoms with Crippen molar-refractivity contribution in [1.29, 1.82) is 0 Å². The lowest BCUT2D eigenvalue weighted by molar-refractivity contribution is -0.207. The number of carbonyl (C=O) groups is 1. The van der Waals surface area contributed by atoms with E-state index in [0.29, 0.717) is 17.1 Å². The first-order valence-corrected chi connectivity index (χ1v) is 7.43. The Kier molecular flexibility index (Phi) is 4.13. The number of hydrogen-bond donors (Lipinski definition) is 0. The maximum absolute atomic E-state index is 14.1. The fourth-order valence-electron chi connectivity index (χ4n) is 2.82. The Morgan fingerprint density at radius 2 is 1.46 bits per heavy atom. The van der Waals surface area contributed by atoms with E-state index in [2.05, 4.69) is 0 Å². The lowest BCUT2D eigenvalue weighted by atomic mass is 9.89. The van der Waals surface area contributed by atoms with Crippen LogP contribution in [0.15, 0.2) is 48.5 Å². The summed E-state index contributed by atoms with van der Waals surface area (Å²) in [4.78, 5) is 13.0. The van der Waals surface area contributed by atoms with E-state index >= 15 is 0 Å². The smallest absolute Gasteiger partial charge is 0.348 e. The van der Waals surface area contributed by atoms with Crippen LogP contribution in [0.5, 0.6) is 11.5 Å². The predicted octanol–water partition coefficient (Wildman–Crippen LogP) is 3.42. The monoisotopic (exact) mass is 333 g/mol. The molecule has 1 aliphatic heterocycles. The molecule has 0 spiro atoms. The van der Waals surface area contributed by atoms with Crippen molar-refractivity contribution in [3.05, 3.63) is 59.7 Å². The van der Waals surface area contributed by atoms with Gasteiger partial charge in [-0.25, -0.2) is 0 Å². The van der Waals surface area contributed by atoms with Gasteiger partial charge in [-0.3, -0.25) is 4.79 Å². The highest BCUT2D eigenvalue weighted by Crippen LogP contribution is 2.48. The lowest BCUT2D eigenvalue weighted by Gasteiger charge is -2.46. The molecule has 24 heavy (non-hydrogen) atoms. The molecule has 6 heteroatoms. The van der Waals surface area contributed by atoms with E-state index in [9.17, 15) is 13.6 Å². The third-order valence-electron chi connectivity index (χ3n) is 4.14. The second-order valence-corrected chi connectivity index (χ2v) is 5.58. The number of rotatable bonds is 5. The number of alkyl halides is 2. The minimum Gasteiger partial charge on any atom is -0.497 e. The molecule has 2 aromatic carbocycles. The maximum Gasteiger partial charge on any atom is 0.348 e. The highest BCUT2D eigenvalue weighted by molar-refractivity contribution is 5.91. The Hall–Kier alpha value is -2.63. The van der Waals surface area contributed by atoms with E-state index in [1.54, 1.807) is 55.6 Å². The van der Waals surface area contributed by atoms with Gasteiger partial charge in [0.1, 0.15) is 17.5 Å². The third kappa shape index (κ3) is 2.68. The van der Waals surface area contributed by atoms with Crippen molar-refractivity contribution in [2.24, 2.45) is 0 Å². The largest absolute Gasteiger partial charge is 0.497 e. The van der Waals surface area contributed by atoms with Crippen molar-refractivity contribution >= 4 is 5.91 Å². The molecule has 0 N–H and O–H groups in total. The van der Waals surface area contributed by atoms with Crippen molar-refractivity contribution < 1.29 is 23.0 Å². The number of amides is 1. The molecular weight excluding hydrogens is 316 g/mol. The molecule has 1 fully saturated rings. The highest BCUT2D eigenvalue weighted by atomic mass is 19.3. The van der Waals surface area contributed by atoms with Gasteiger partial charge in [0.2, 0.25) is 0 Å². The standard InChI is InChI=1S/C18H17F2NO3/c1-23-14-7-3-12(4-8-14)11-21-16(18(19,20)17(21)22)13-5-9-15(24-2)10-6-13/h3-10,16H,11H2,1-2H3/t16-/m0/s1. The number of hydrogen-bond acceptors (Lipinski definition) is 3. The molecule has 1 heterocycles. The Bertz CT molecular complexity index is 729. The van der Waals surface area contributed by atoms with Gasteiger partial charge in [0.25, 0.3) is 5.91 Å². The van der Waals surface area contributed by atoms with Gasteiger partial charge in [-0.2, -0.15) is 8.78 Å². The van der Waals surface area contributed by atoms with Crippen molar-refractivity contribution in [3.8, 4) is 11.5 Å². The molecule has 2 aromatic rings. The van der Waals surface area contributed by atoms with E-state index in [4.69, 9.17) is 9.47 Å². The number of β-lactam (4-membered cyclic amide) rings is 1. The summed E-state index contributed by atoms with van der Waals surface area (Å²) in [5, 5.41) is 0. The Morgan fingerprint density at radius 3 is 1.96 bits per heavy atom. The first-order valence-electron chi connectivity index (χ1n) is 7.43. The summed E-state index contributed by atoms with van der Waals surface area (Å²) in [5.41, 5.74) is 1.15. The van der Waals surface area contributed by atoms with E-state index in [-0.39, 0.29) is 6.54 Å². The zero-order valence-corrected chi connectivity index (χ0v) is 13.3. The van der Waals surface area contributed by atoms with Crippen molar-refractivity contribution in [2.45, 2.75) is 18.5 Å². The summed E-state index contributed by atoms with van der Waals surface area (Å²) in [6.45, 7) is 0.120. The van der Waals surface area contributed by atoms with Gasteiger partial charge in [-0.15, -0.1) is 0 Å². The molecule has 0 radical (unpaired) electrons. The van der Waals surface area contributed by atoms with Gasteiger partial charge in [0, 0.05) is 6.54 Å². The van der Waals surface area contributed by atoms with Crippen LogP contribution in [-0.2, 0) is 11.3 Å². The molecule has 1 aliphatic rings. The number of halogens is 2. The second-order valence-electron chi connectivity index (χ2n) is 5.58.